The number of benzene rings is 1. The van der Waals surface area contributed by atoms with E-state index < -0.39 is 6.10 Å². The Morgan fingerprint density at radius 1 is 1.33 bits per heavy atom. The van der Waals surface area contributed by atoms with Crippen LogP contribution in [0.25, 0.3) is 0 Å². The fraction of sp³-hybridized carbons (Fsp3) is 0.562. The summed E-state index contributed by atoms with van der Waals surface area (Å²) in [5.74, 6) is 0.882. The third kappa shape index (κ3) is 4.11. The number of nitrogens with one attached hydrogen (secondary N) is 1. The molecule has 2 atom stereocenters. The Morgan fingerprint density at radius 3 is 2.67 bits per heavy atom. The molecule has 1 heterocycles. The van der Waals surface area contributed by atoms with E-state index in [-0.39, 0.29) is 18.1 Å². The highest BCUT2D eigenvalue weighted by Crippen LogP contribution is 2.30. The molecular weight excluding hydrogens is 270 g/mol. The predicted octanol–water partition coefficient (Wildman–Crippen LogP) is 0.683. The molecular formula is C16H24NO4+. The zero-order chi connectivity index (χ0) is 15.5. The number of carbonyl (C=O) groups is 1. The molecule has 21 heavy (non-hydrogen) atoms. The molecule has 0 spiro atoms. The Bertz CT molecular complexity index is 495. The molecule has 1 aromatic rings. The fourth-order valence-corrected chi connectivity index (χ4v) is 1.91. The van der Waals surface area contributed by atoms with Gasteiger partial charge in [-0.25, -0.2) is 4.79 Å². The first-order valence-electron chi connectivity index (χ1n) is 7.26. The molecule has 0 amide bonds. The first-order valence-corrected chi connectivity index (χ1v) is 7.26. The average Bonchev–Trinajstić information content (AvgIpc) is 2.45. The highest BCUT2D eigenvalue weighted by Gasteiger charge is 2.29. The predicted molar refractivity (Wildman–Crippen MR) is 78.8 cm³/mol. The van der Waals surface area contributed by atoms with Crippen LogP contribution in [0.1, 0.15) is 20.8 Å². The fourth-order valence-electron chi connectivity index (χ4n) is 1.91. The monoisotopic (exact) mass is 294 g/mol. The van der Waals surface area contributed by atoms with Crippen LogP contribution in [-0.2, 0) is 9.53 Å². The normalized spacial score (nSPS) is 19.0. The zero-order valence-electron chi connectivity index (χ0n) is 13.1. The van der Waals surface area contributed by atoms with Crippen LogP contribution in [0.3, 0.4) is 0 Å². The second-order valence-corrected chi connectivity index (χ2v) is 6.31. The van der Waals surface area contributed by atoms with Gasteiger partial charge in [0.25, 0.3) is 0 Å². The summed E-state index contributed by atoms with van der Waals surface area (Å²) >= 11 is 0. The van der Waals surface area contributed by atoms with Crippen molar-refractivity contribution >= 4 is 5.97 Å². The number of esters is 1. The second-order valence-electron chi connectivity index (χ2n) is 6.31. The number of quaternary nitrogens is 1. The van der Waals surface area contributed by atoms with Crippen LogP contribution in [0.2, 0.25) is 0 Å². The summed E-state index contributed by atoms with van der Waals surface area (Å²) in [5, 5.41) is 0. The summed E-state index contributed by atoms with van der Waals surface area (Å²) in [6.45, 7) is 7.79. The van der Waals surface area contributed by atoms with E-state index in [4.69, 9.17) is 14.2 Å². The van der Waals surface area contributed by atoms with E-state index in [1.807, 2.05) is 18.2 Å². The summed E-state index contributed by atoms with van der Waals surface area (Å²) < 4.78 is 16.4. The van der Waals surface area contributed by atoms with Crippen LogP contribution >= 0.6 is 0 Å². The number of fused-ring (bicyclic) bond motifs is 1. The van der Waals surface area contributed by atoms with Gasteiger partial charge in [0, 0.05) is 0 Å². The number of carbonyl (C=O) groups excluding carboxylic acids is 1. The maximum atomic E-state index is 12.0. The van der Waals surface area contributed by atoms with Gasteiger partial charge >= 0.3 is 5.97 Å². The molecule has 0 fully saturated rings. The molecule has 0 aromatic heterocycles. The smallest absolute Gasteiger partial charge is 0.351 e. The van der Waals surface area contributed by atoms with Crippen molar-refractivity contribution in [2.45, 2.75) is 32.4 Å². The van der Waals surface area contributed by atoms with Crippen LogP contribution in [0, 0.1) is 0 Å². The van der Waals surface area contributed by atoms with E-state index in [9.17, 15) is 4.79 Å². The SMILES string of the molecule is C[NH+](CCOC(=O)C1COc2ccccc2O1)C(C)(C)C. The lowest BCUT2D eigenvalue weighted by Crippen LogP contribution is -3.16. The zero-order valence-corrected chi connectivity index (χ0v) is 13.1. The number of hydrogen-bond donors (Lipinski definition) is 1. The summed E-state index contributed by atoms with van der Waals surface area (Å²) in [6.07, 6.45) is -0.685. The van der Waals surface area contributed by atoms with Crippen LogP contribution < -0.4 is 14.4 Å². The van der Waals surface area contributed by atoms with E-state index in [0.29, 0.717) is 18.1 Å². The Morgan fingerprint density at radius 2 is 2.00 bits per heavy atom. The first-order chi connectivity index (χ1) is 9.88. The first kappa shape index (κ1) is 15.6. The molecule has 116 valence electrons. The van der Waals surface area contributed by atoms with Crippen molar-refractivity contribution in [2.24, 2.45) is 0 Å². The average molecular weight is 294 g/mol. The lowest BCUT2D eigenvalue weighted by molar-refractivity contribution is -0.927. The molecule has 2 unspecified atom stereocenters. The molecule has 0 saturated heterocycles. The van der Waals surface area contributed by atoms with Crippen molar-refractivity contribution in [3.8, 4) is 11.5 Å². The second kappa shape index (κ2) is 6.35. The Kier molecular flexibility index (Phi) is 4.73. The largest absolute Gasteiger partial charge is 0.485 e. The Labute approximate surface area is 125 Å². The summed E-state index contributed by atoms with van der Waals surface area (Å²) in [5.41, 5.74) is 0.135. The van der Waals surface area contributed by atoms with Gasteiger partial charge in [0.1, 0.15) is 19.8 Å². The molecule has 1 N–H and O–H groups in total. The van der Waals surface area contributed by atoms with Gasteiger partial charge in [-0.15, -0.1) is 0 Å². The molecule has 1 aliphatic rings. The van der Waals surface area contributed by atoms with E-state index in [1.54, 1.807) is 6.07 Å². The maximum Gasteiger partial charge on any atom is 0.351 e. The van der Waals surface area contributed by atoms with Crippen molar-refractivity contribution in [1.82, 2.24) is 0 Å². The maximum absolute atomic E-state index is 12.0. The minimum Gasteiger partial charge on any atom is -0.485 e. The van der Waals surface area contributed by atoms with Gasteiger partial charge in [0.05, 0.1) is 12.6 Å². The summed E-state index contributed by atoms with van der Waals surface area (Å²) in [7, 11) is 2.09. The minimum atomic E-state index is -0.685. The molecule has 1 aliphatic heterocycles. The summed E-state index contributed by atoms with van der Waals surface area (Å²) in [4.78, 5) is 13.3. The molecule has 2 rings (SSSR count). The quantitative estimate of drug-likeness (QED) is 0.830. The molecule has 5 heteroatoms. The van der Waals surface area contributed by atoms with Gasteiger partial charge < -0.3 is 19.1 Å². The van der Waals surface area contributed by atoms with Crippen LogP contribution in [0.15, 0.2) is 24.3 Å². The Hall–Kier alpha value is -1.75. The third-order valence-corrected chi connectivity index (χ3v) is 3.77. The topological polar surface area (TPSA) is 49.2 Å². The van der Waals surface area contributed by atoms with Gasteiger partial charge in [0.15, 0.2) is 11.5 Å². The van der Waals surface area contributed by atoms with E-state index in [2.05, 4.69) is 27.8 Å². The van der Waals surface area contributed by atoms with Crippen molar-refractivity contribution in [2.75, 3.05) is 26.8 Å². The molecule has 0 radical (unpaired) electrons. The molecule has 0 saturated carbocycles. The minimum absolute atomic E-state index is 0.135. The van der Waals surface area contributed by atoms with Crippen LogP contribution in [-0.4, -0.2) is 44.4 Å². The number of para-hydroxylation sites is 2. The lowest BCUT2D eigenvalue weighted by Gasteiger charge is -2.29. The number of hydrogen-bond acceptors (Lipinski definition) is 4. The van der Waals surface area contributed by atoms with Gasteiger partial charge in [-0.2, -0.15) is 0 Å². The van der Waals surface area contributed by atoms with Crippen molar-refractivity contribution in [3.63, 3.8) is 0 Å². The number of rotatable bonds is 4. The van der Waals surface area contributed by atoms with E-state index in [1.165, 1.54) is 4.90 Å². The van der Waals surface area contributed by atoms with Crippen LogP contribution in [0.4, 0.5) is 0 Å². The molecule has 0 aliphatic carbocycles. The van der Waals surface area contributed by atoms with Gasteiger partial charge in [-0.3, -0.25) is 0 Å². The van der Waals surface area contributed by atoms with Gasteiger partial charge in [0.2, 0.25) is 6.10 Å². The van der Waals surface area contributed by atoms with Gasteiger partial charge in [-0.05, 0) is 32.9 Å². The van der Waals surface area contributed by atoms with Crippen molar-refractivity contribution in [1.29, 1.82) is 0 Å². The standard InChI is InChI=1S/C16H23NO4/c1-16(2,3)17(4)9-10-19-15(18)14-11-20-12-7-5-6-8-13(12)21-14/h5-8,14H,9-11H2,1-4H3/p+1. The third-order valence-electron chi connectivity index (χ3n) is 3.77. The van der Waals surface area contributed by atoms with Crippen LogP contribution in [0.5, 0.6) is 11.5 Å². The van der Waals surface area contributed by atoms with Gasteiger partial charge in [-0.1, -0.05) is 12.1 Å². The Balaban J connectivity index is 1.80. The highest BCUT2D eigenvalue weighted by molar-refractivity contribution is 5.75. The van der Waals surface area contributed by atoms with Crippen molar-refractivity contribution in [3.05, 3.63) is 24.3 Å². The molecule has 1 aromatic carbocycles. The molecule has 5 nitrogen and oxygen atoms in total. The van der Waals surface area contributed by atoms with E-state index in [0.717, 1.165) is 6.54 Å². The lowest BCUT2D eigenvalue weighted by atomic mass is 10.1. The number of ether oxygens (including phenoxy) is 3. The van der Waals surface area contributed by atoms with E-state index >= 15 is 0 Å². The van der Waals surface area contributed by atoms with Crippen molar-refractivity contribution < 1.29 is 23.9 Å². The number of likely N-dealkylation sites (N-methyl/N-ethyl adjacent to an activating group) is 1. The summed E-state index contributed by atoms with van der Waals surface area (Å²) in [6, 6.07) is 7.31. The molecule has 0 bridgehead atoms. The highest BCUT2D eigenvalue weighted by atomic mass is 16.6.